The Morgan fingerprint density at radius 2 is 2.00 bits per heavy atom. The Morgan fingerprint density at radius 3 is 2.52 bits per heavy atom. The van der Waals surface area contributed by atoms with Gasteiger partial charge in [-0.3, -0.25) is 9.48 Å². The van der Waals surface area contributed by atoms with E-state index in [4.69, 9.17) is 5.73 Å². The summed E-state index contributed by atoms with van der Waals surface area (Å²) in [4.78, 5) is 12.1. The molecule has 0 aliphatic heterocycles. The van der Waals surface area contributed by atoms with Crippen LogP contribution in [0.5, 0.6) is 0 Å². The highest BCUT2D eigenvalue weighted by atomic mass is 32.2. The fourth-order valence-corrected chi connectivity index (χ4v) is 2.37. The zero-order valence-electron chi connectivity index (χ0n) is 11.5. The highest BCUT2D eigenvalue weighted by Gasteiger charge is 2.09. The molecule has 1 aromatic heterocycles. The van der Waals surface area contributed by atoms with Gasteiger partial charge < -0.3 is 11.1 Å². The van der Waals surface area contributed by atoms with Gasteiger partial charge in [-0.15, -0.1) is 0 Å². The number of nitrogens with one attached hydrogen (secondary N) is 1. The zero-order valence-corrected chi connectivity index (χ0v) is 12.3. The number of nitrogens with two attached hydrogens (primary N) is 1. The van der Waals surface area contributed by atoms with Gasteiger partial charge >= 0.3 is 0 Å². The molecule has 8 heteroatoms. The molecule has 112 valence electrons. The third-order valence-corrected chi connectivity index (χ3v) is 3.95. The lowest BCUT2D eigenvalue weighted by atomic mass is 10.2. The van der Waals surface area contributed by atoms with Crippen LogP contribution in [0.3, 0.4) is 0 Å². The standard InChI is InChI=1S/C13H16N4O3S/c1-21(19,20)12-4-2-10(3-5-12)13(18)15-6-7-17-9-11(14)8-16-17/h2-5,8-9H,6-7,14H2,1H3,(H,15,18). The smallest absolute Gasteiger partial charge is 0.251 e. The molecule has 0 aliphatic carbocycles. The van der Waals surface area contributed by atoms with Crippen LogP contribution in [0.2, 0.25) is 0 Å². The lowest BCUT2D eigenvalue weighted by molar-refractivity contribution is 0.0952. The maximum absolute atomic E-state index is 11.9. The average Bonchev–Trinajstić information content (AvgIpc) is 2.83. The third kappa shape index (κ3) is 4.06. The van der Waals surface area contributed by atoms with Crippen LogP contribution in [0.15, 0.2) is 41.6 Å². The van der Waals surface area contributed by atoms with Crippen LogP contribution in [0.1, 0.15) is 10.4 Å². The molecule has 21 heavy (non-hydrogen) atoms. The van der Waals surface area contributed by atoms with Crippen molar-refractivity contribution in [2.45, 2.75) is 11.4 Å². The van der Waals surface area contributed by atoms with Gasteiger partial charge in [0.15, 0.2) is 9.84 Å². The number of anilines is 1. The number of rotatable bonds is 5. The molecule has 0 spiro atoms. The van der Waals surface area contributed by atoms with Gasteiger partial charge in [0.2, 0.25) is 0 Å². The second-order valence-electron chi connectivity index (χ2n) is 4.59. The summed E-state index contributed by atoms with van der Waals surface area (Å²) in [6.07, 6.45) is 4.33. The summed E-state index contributed by atoms with van der Waals surface area (Å²) < 4.78 is 24.3. The fourth-order valence-electron chi connectivity index (χ4n) is 1.74. The summed E-state index contributed by atoms with van der Waals surface area (Å²) in [6.45, 7) is 0.901. The van der Waals surface area contributed by atoms with E-state index in [2.05, 4.69) is 10.4 Å². The molecule has 0 fully saturated rings. The Kier molecular flexibility index (Phi) is 4.27. The summed E-state index contributed by atoms with van der Waals surface area (Å²) in [5.74, 6) is -0.268. The molecule has 0 saturated heterocycles. The van der Waals surface area contributed by atoms with Crippen molar-refractivity contribution in [2.75, 3.05) is 18.5 Å². The molecule has 0 atom stereocenters. The van der Waals surface area contributed by atoms with Crippen molar-refractivity contribution in [1.82, 2.24) is 15.1 Å². The summed E-state index contributed by atoms with van der Waals surface area (Å²) in [7, 11) is -3.25. The first kappa shape index (κ1) is 15.0. The van der Waals surface area contributed by atoms with Crippen molar-refractivity contribution in [2.24, 2.45) is 0 Å². The molecule has 1 amide bonds. The number of benzene rings is 1. The minimum atomic E-state index is -3.25. The number of carbonyl (C=O) groups is 1. The molecule has 2 rings (SSSR count). The van der Waals surface area contributed by atoms with Crippen LogP contribution in [0.4, 0.5) is 5.69 Å². The first-order valence-corrected chi connectivity index (χ1v) is 8.11. The van der Waals surface area contributed by atoms with Crippen LogP contribution in [-0.2, 0) is 16.4 Å². The lowest BCUT2D eigenvalue weighted by Crippen LogP contribution is -2.27. The van der Waals surface area contributed by atoms with Gasteiger partial charge in [-0.1, -0.05) is 0 Å². The number of carbonyl (C=O) groups excluding carboxylic acids is 1. The van der Waals surface area contributed by atoms with Crippen molar-refractivity contribution in [3.63, 3.8) is 0 Å². The fraction of sp³-hybridized carbons (Fsp3) is 0.231. The van der Waals surface area contributed by atoms with Crippen LogP contribution in [-0.4, -0.2) is 36.9 Å². The van der Waals surface area contributed by atoms with E-state index >= 15 is 0 Å². The van der Waals surface area contributed by atoms with E-state index in [9.17, 15) is 13.2 Å². The Labute approximate surface area is 122 Å². The average molecular weight is 308 g/mol. The molecule has 0 aliphatic rings. The Morgan fingerprint density at radius 1 is 1.33 bits per heavy atom. The lowest BCUT2D eigenvalue weighted by Gasteiger charge is -2.06. The highest BCUT2D eigenvalue weighted by molar-refractivity contribution is 7.90. The number of sulfone groups is 1. The van der Waals surface area contributed by atoms with E-state index < -0.39 is 9.84 Å². The third-order valence-electron chi connectivity index (χ3n) is 2.82. The largest absolute Gasteiger partial charge is 0.396 e. The Balaban J connectivity index is 1.91. The molecular weight excluding hydrogens is 292 g/mol. The number of hydrogen-bond donors (Lipinski definition) is 2. The Hall–Kier alpha value is -2.35. The number of nitrogen functional groups attached to an aromatic ring is 1. The molecule has 0 unspecified atom stereocenters. The van der Waals surface area contributed by atoms with E-state index in [0.29, 0.717) is 24.3 Å². The van der Waals surface area contributed by atoms with Gasteiger partial charge in [0.1, 0.15) is 0 Å². The molecule has 2 aromatic rings. The molecule has 0 saturated carbocycles. The van der Waals surface area contributed by atoms with Gasteiger partial charge in [0.25, 0.3) is 5.91 Å². The molecular formula is C13H16N4O3S. The molecule has 0 bridgehead atoms. The number of amides is 1. The van der Waals surface area contributed by atoms with E-state index in [1.165, 1.54) is 30.5 Å². The maximum Gasteiger partial charge on any atom is 0.251 e. The molecule has 1 aromatic carbocycles. The van der Waals surface area contributed by atoms with Gasteiger partial charge in [0.05, 0.1) is 23.3 Å². The second kappa shape index (κ2) is 5.96. The summed E-state index contributed by atoms with van der Waals surface area (Å²) in [5, 5.41) is 6.72. The van der Waals surface area contributed by atoms with Crippen LogP contribution in [0, 0.1) is 0 Å². The van der Waals surface area contributed by atoms with Crippen molar-refractivity contribution in [1.29, 1.82) is 0 Å². The van der Waals surface area contributed by atoms with Crippen molar-refractivity contribution in [3.05, 3.63) is 42.2 Å². The second-order valence-corrected chi connectivity index (χ2v) is 6.60. The molecule has 7 nitrogen and oxygen atoms in total. The molecule has 1 heterocycles. The quantitative estimate of drug-likeness (QED) is 0.826. The monoisotopic (exact) mass is 308 g/mol. The zero-order chi connectivity index (χ0) is 15.5. The molecule has 0 radical (unpaired) electrons. The maximum atomic E-state index is 11.9. The SMILES string of the molecule is CS(=O)(=O)c1ccc(C(=O)NCCn2cc(N)cn2)cc1. The van der Waals surface area contributed by atoms with E-state index in [-0.39, 0.29) is 10.8 Å². The first-order valence-electron chi connectivity index (χ1n) is 6.22. The summed E-state index contributed by atoms with van der Waals surface area (Å²) in [5.41, 5.74) is 6.50. The number of aromatic nitrogens is 2. The van der Waals surface area contributed by atoms with Crippen molar-refractivity contribution >= 4 is 21.4 Å². The van der Waals surface area contributed by atoms with E-state index in [0.717, 1.165) is 6.26 Å². The predicted molar refractivity (Wildman–Crippen MR) is 78.5 cm³/mol. The minimum absolute atomic E-state index is 0.186. The topological polar surface area (TPSA) is 107 Å². The van der Waals surface area contributed by atoms with Crippen LogP contribution < -0.4 is 11.1 Å². The normalized spacial score (nSPS) is 11.3. The highest BCUT2D eigenvalue weighted by Crippen LogP contribution is 2.10. The summed E-state index contributed by atoms with van der Waals surface area (Å²) >= 11 is 0. The summed E-state index contributed by atoms with van der Waals surface area (Å²) in [6, 6.07) is 5.80. The van der Waals surface area contributed by atoms with Crippen LogP contribution in [0.25, 0.3) is 0 Å². The first-order chi connectivity index (χ1) is 9.86. The van der Waals surface area contributed by atoms with Gasteiger partial charge in [0, 0.05) is 24.6 Å². The molecule has 3 N–H and O–H groups in total. The van der Waals surface area contributed by atoms with Crippen molar-refractivity contribution < 1.29 is 13.2 Å². The Bertz CT molecular complexity index is 735. The number of nitrogens with zero attached hydrogens (tertiary/aromatic N) is 2. The van der Waals surface area contributed by atoms with Crippen LogP contribution >= 0.6 is 0 Å². The van der Waals surface area contributed by atoms with Gasteiger partial charge in [-0.2, -0.15) is 5.10 Å². The van der Waals surface area contributed by atoms with E-state index in [1.54, 1.807) is 10.9 Å². The van der Waals surface area contributed by atoms with Gasteiger partial charge in [-0.25, -0.2) is 8.42 Å². The predicted octanol–water partition coefficient (Wildman–Crippen LogP) is 0.299. The minimum Gasteiger partial charge on any atom is -0.396 e. The van der Waals surface area contributed by atoms with Gasteiger partial charge in [-0.05, 0) is 24.3 Å². The van der Waals surface area contributed by atoms with E-state index in [1.807, 2.05) is 0 Å². The number of hydrogen-bond acceptors (Lipinski definition) is 5. The van der Waals surface area contributed by atoms with Crippen molar-refractivity contribution in [3.8, 4) is 0 Å².